The van der Waals surface area contributed by atoms with Crippen LogP contribution < -0.4 is 5.32 Å². The predicted molar refractivity (Wildman–Crippen MR) is 59.8 cm³/mol. The lowest BCUT2D eigenvalue weighted by molar-refractivity contribution is 0.186. The summed E-state index contributed by atoms with van der Waals surface area (Å²) < 4.78 is 0. The second-order valence-corrected chi connectivity index (χ2v) is 4.65. The molecule has 1 aromatic rings. The van der Waals surface area contributed by atoms with Crippen LogP contribution in [-0.4, -0.2) is 29.0 Å². The van der Waals surface area contributed by atoms with Crippen molar-refractivity contribution in [2.75, 3.05) is 13.1 Å². The van der Waals surface area contributed by atoms with E-state index >= 15 is 0 Å². The van der Waals surface area contributed by atoms with E-state index in [9.17, 15) is 4.79 Å². The molecule has 0 unspecified atom stereocenters. The van der Waals surface area contributed by atoms with E-state index < -0.39 is 0 Å². The monoisotopic (exact) mass is 225 g/mol. The molecule has 1 aliphatic heterocycles. The number of urea groups is 1. The highest BCUT2D eigenvalue weighted by Crippen LogP contribution is 2.09. The molecule has 82 valence electrons. The van der Waals surface area contributed by atoms with Crippen molar-refractivity contribution in [3.05, 3.63) is 16.6 Å². The van der Waals surface area contributed by atoms with Crippen molar-refractivity contribution in [1.29, 1.82) is 0 Å². The molecule has 0 bridgehead atoms. The van der Waals surface area contributed by atoms with Crippen LogP contribution in [0.4, 0.5) is 4.79 Å². The zero-order chi connectivity index (χ0) is 10.5. The van der Waals surface area contributed by atoms with E-state index in [1.54, 1.807) is 23.0 Å². The Morgan fingerprint density at radius 2 is 2.27 bits per heavy atom. The molecule has 2 rings (SSSR count). The molecule has 1 N–H and O–H groups in total. The molecule has 1 saturated heterocycles. The fourth-order valence-corrected chi connectivity index (χ4v) is 2.24. The van der Waals surface area contributed by atoms with Gasteiger partial charge in [-0.25, -0.2) is 4.79 Å². The number of aromatic nitrogens is 1. The summed E-state index contributed by atoms with van der Waals surface area (Å²) in [5.74, 6) is 0. The lowest BCUT2D eigenvalue weighted by Crippen LogP contribution is -2.42. The average molecular weight is 225 g/mol. The third-order valence-electron chi connectivity index (χ3n) is 2.54. The summed E-state index contributed by atoms with van der Waals surface area (Å²) in [6, 6.07) is 0.0584. The molecule has 1 aliphatic rings. The smallest absolute Gasteiger partial charge is 0.317 e. The number of hydrogen-bond donors (Lipinski definition) is 1. The molecule has 0 atom stereocenters. The predicted octanol–water partition coefficient (Wildman–Crippen LogP) is 1.84. The van der Waals surface area contributed by atoms with E-state index in [1.165, 1.54) is 6.42 Å². The van der Waals surface area contributed by atoms with Crippen LogP contribution in [0.1, 0.15) is 24.1 Å². The minimum atomic E-state index is 0.0584. The summed E-state index contributed by atoms with van der Waals surface area (Å²) in [5.41, 5.74) is 1.78. The Kier molecular flexibility index (Phi) is 3.55. The number of nitrogens with one attached hydrogen (secondary N) is 1. The minimum absolute atomic E-state index is 0.0584. The van der Waals surface area contributed by atoms with Gasteiger partial charge in [0.1, 0.15) is 0 Å². The number of likely N-dealkylation sites (tertiary alicyclic amines) is 1. The van der Waals surface area contributed by atoms with Gasteiger partial charge in [0.05, 0.1) is 12.1 Å². The number of rotatable bonds is 2. The van der Waals surface area contributed by atoms with Crippen LogP contribution in [0.5, 0.6) is 0 Å². The number of hydrogen-bond acceptors (Lipinski definition) is 3. The molecule has 0 aliphatic carbocycles. The Balaban J connectivity index is 1.76. The van der Waals surface area contributed by atoms with E-state index in [4.69, 9.17) is 0 Å². The van der Waals surface area contributed by atoms with Gasteiger partial charge in [0.15, 0.2) is 0 Å². The largest absolute Gasteiger partial charge is 0.333 e. The second kappa shape index (κ2) is 5.11. The van der Waals surface area contributed by atoms with E-state index in [0.717, 1.165) is 30.8 Å². The third kappa shape index (κ3) is 2.92. The number of carbonyl (C=O) groups is 1. The SMILES string of the molecule is O=C(NCc1cncs1)N1CCCCC1. The van der Waals surface area contributed by atoms with Crippen LogP contribution in [0.2, 0.25) is 0 Å². The van der Waals surface area contributed by atoms with Gasteiger partial charge in [0.2, 0.25) is 0 Å². The number of amides is 2. The number of carbonyl (C=O) groups excluding carboxylic acids is 1. The molecular formula is C10H15N3OS. The topological polar surface area (TPSA) is 45.2 Å². The third-order valence-corrected chi connectivity index (χ3v) is 3.32. The normalized spacial score (nSPS) is 16.4. The van der Waals surface area contributed by atoms with Gasteiger partial charge in [-0.2, -0.15) is 0 Å². The average Bonchev–Trinajstić information content (AvgIpc) is 2.80. The van der Waals surface area contributed by atoms with Gasteiger partial charge in [0, 0.05) is 24.2 Å². The van der Waals surface area contributed by atoms with Crippen LogP contribution in [0.25, 0.3) is 0 Å². The van der Waals surface area contributed by atoms with Gasteiger partial charge in [-0.15, -0.1) is 11.3 Å². The van der Waals surface area contributed by atoms with Gasteiger partial charge in [-0.1, -0.05) is 0 Å². The molecule has 0 radical (unpaired) electrons. The summed E-state index contributed by atoms with van der Waals surface area (Å²) in [6.07, 6.45) is 5.31. The Hall–Kier alpha value is -1.10. The number of piperidine rings is 1. The molecule has 2 heterocycles. The quantitative estimate of drug-likeness (QED) is 0.834. The second-order valence-electron chi connectivity index (χ2n) is 3.67. The van der Waals surface area contributed by atoms with Gasteiger partial charge < -0.3 is 10.2 Å². The van der Waals surface area contributed by atoms with Crippen molar-refractivity contribution in [3.63, 3.8) is 0 Å². The summed E-state index contributed by atoms with van der Waals surface area (Å²) in [7, 11) is 0. The van der Waals surface area contributed by atoms with Crippen LogP contribution >= 0.6 is 11.3 Å². The van der Waals surface area contributed by atoms with Crippen molar-refractivity contribution in [1.82, 2.24) is 15.2 Å². The Bertz CT molecular complexity index is 306. The summed E-state index contributed by atoms with van der Waals surface area (Å²) in [5, 5.41) is 2.91. The van der Waals surface area contributed by atoms with Crippen molar-refractivity contribution >= 4 is 17.4 Å². The zero-order valence-electron chi connectivity index (χ0n) is 8.61. The molecule has 1 fully saturated rings. The van der Waals surface area contributed by atoms with Gasteiger partial charge >= 0.3 is 6.03 Å². The number of thiazole rings is 1. The van der Waals surface area contributed by atoms with Crippen molar-refractivity contribution < 1.29 is 4.79 Å². The fraction of sp³-hybridized carbons (Fsp3) is 0.600. The molecule has 0 aromatic carbocycles. The molecule has 0 saturated carbocycles. The summed E-state index contributed by atoms with van der Waals surface area (Å²) in [4.78, 5) is 18.6. The Morgan fingerprint density at radius 1 is 1.47 bits per heavy atom. The fourth-order valence-electron chi connectivity index (χ4n) is 1.70. The van der Waals surface area contributed by atoms with Crippen molar-refractivity contribution in [2.24, 2.45) is 0 Å². The standard InChI is InChI=1S/C10H15N3OS/c14-10(13-4-2-1-3-5-13)12-7-9-6-11-8-15-9/h6,8H,1-5,7H2,(H,12,14). The highest BCUT2D eigenvalue weighted by atomic mass is 32.1. The van der Waals surface area contributed by atoms with E-state index in [0.29, 0.717) is 6.54 Å². The summed E-state index contributed by atoms with van der Waals surface area (Å²) >= 11 is 1.57. The van der Waals surface area contributed by atoms with Gasteiger partial charge in [0.25, 0.3) is 0 Å². The first-order chi connectivity index (χ1) is 7.36. The number of nitrogens with zero attached hydrogens (tertiary/aromatic N) is 2. The van der Waals surface area contributed by atoms with Crippen LogP contribution in [0, 0.1) is 0 Å². The van der Waals surface area contributed by atoms with Crippen LogP contribution in [0.15, 0.2) is 11.7 Å². The van der Waals surface area contributed by atoms with Gasteiger partial charge in [-0.3, -0.25) is 4.98 Å². The van der Waals surface area contributed by atoms with Crippen LogP contribution in [-0.2, 0) is 6.54 Å². The highest BCUT2D eigenvalue weighted by molar-refractivity contribution is 7.09. The summed E-state index contributed by atoms with van der Waals surface area (Å²) in [6.45, 7) is 2.39. The molecule has 5 heteroatoms. The molecule has 0 spiro atoms. The van der Waals surface area contributed by atoms with E-state index in [-0.39, 0.29) is 6.03 Å². The highest BCUT2D eigenvalue weighted by Gasteiger charge is 2.15. The maximum Gasteiger partial charge on any atom is 0.317 e. The Morgan fingerprint density at radius 3 is 2.93 bits per heavy atom. The molecule has 2 amide bonds. The van der Waals surface area contributed by atoms with Crippen molar-refractivity contribution in [3.8, 4) is 0 Å². The first-order valence-electron chi connectivity index (χ1n) is 5.26. The zero-order valence-corrected chi connectivity index (χ0v) is 9.42. The molecule has 1 aromatic heterocycles. The lowest BCUT2D eigenvalue weighted by atomic mass is 10.1. The first-order valence-corrected chi connectivity index (χ1v) is 6.14. The molecule has 15 heavy (non-hydrogen) atoms. The van der Waals surface area contributed by atoms with E-state index in [1.807, 2.05) is 4.90 Å². The lowest BCUT2D eigenvalue weighted by Gasteiger charge is -2.26. The molecular weight excluding hydrogens is 210 g/mol. The molecule has 4 nitrogen and oxygen atoms in total. The maximum atomic E-state index is 11.7. The van der Waals surface area contributed by atoms with Crippen LogP contribution in [0.3, 0.4) is 0 Å². The van der Waals surface area contributed by atoms with Crippen molar-refractivity contribution in [2.45, 2.75) is 25.8 Å². The first kappa shape index (κ1) is 10.4. The minimum Gasteiger partial charge on any atom is -0.333 e. The van der Waals surface area contributed by atoms with E-state index in [2.05, 4.69) is 10.3 Å². The Labute approximate surface area is 93.3 Å². The van der Waals surface area contributed by atoms with Gasteiger partial charge in [-0.05, 0) is 19.3 Å². The maximum absolute atomic E-state index is 11.7.